The van der Waals surface area contributed by atoms with Crippen LogP contribution in [0.2, 0.25) is 10.0 Å². The zero-order valence-electron chi connectivity index (χ0n) is 9.09. The number of hydrogen-bond acceptors (Lipinski definition) is 1. The molecule has 0 fully saturated rings. The quantitative estimate of drug-likeness (QED) is 0.713. The molecule has 0 unspecified atom stereocenters. The van der Waals surface area contributed by atoms with Crippen molar-refractivity contribution in [2.45, 2.75) is 6.61 Å². The van der Waals surface area contributed by atoms with Crippen molar-refractivity contribution >= 4 is 39.1 Å². The van der Waals surface area contributed by atoms with Crippen molar-refractivity contribution in [2.24, 2.45) is 0 Å². The molecule has 5 heteroatoms. The van der Waals surface area contributed by atoms with Gasteiger partial charge in [0.25, 0.3) is 0 Å². The van der Waals surface area contributed by atoms with Crippen molar-refractivity contribution in [2.75, 3.05) is 0 Å². The molecule has 18 heavy (non-hydrogen) atoms. The lowest BCUT2D eigenvalue weighted by Gasteiger charge is -2.07. The highest BCUT2D eigenvalue weighted by Gasteiger charge is 2.03. The number of rotatable bonds is 3. The van der Waals surface area contributed by atoms with E-state index in [4.69, 9.17) is 27.9 Å². The van der Waals surface area contributed by atoms with Crippen LogP contribution in [0.25, 0.3) is 0 Å². The van der Waals surface area contributed by atoms with Crippen molar-refractivity contribution in [3.63, 3.8) is 0 Å². The summed E-state index contributed by atoms with van der Waals surface area (Å²) in [6.07, 6.45) is 0. The highest BCUT2D eigenvalue weighted by Crippen LogP contribution is 2.24. The van der Waals surface area contributed by atoms with Crippen LogP contribution in [-0.4, -0.2) is 0 Å². The SMILES string of the molecule is Fc1cc(OCc2ccc(Cl)c(Cl)c2)ccc1Br. The van der Waals surface area contributed by atoms with E-state index >= 15 is 0 Å². The average molecular weight is 350 g/mol. The minimum atomic E-state index is -0.360. The lowest BCUT2D eigenvalue weighted by Crippen LogP contribution is -1.96. The second-order valence-electron chi connectivity index (χ2n) is 3.61. The second kappa shape index (κ2) is 5.91. The Balaban J connectivity index is 2.06. The van der Waals surface area contributed by atoms with Gasteiger partial charge in [0.2, 0.25) is 0 Å². The minimum absolute atomic E-state index is 0.304. The van der Waals surface area contributed by atoms with Gasteiger partial charge < -0.3 is 4.74 Å². The normalized spacial score (nSPS) is 10.4. The fraction of sp³-hybridized carbons (Fsp3) is 0.0769. The van der Waals surface area contributed by atoms with Crippen LogP contribution in [-0.2, 0) is 6.61 Å². The molecule has 94 valence electrons. The number of hydrogen-bond donors (Lipinski definition) is 0. The maximum atomic E-state index is 13.3. The lowest BCUT2D eigenvalue weighted by atomic mass is 10.2. The van der Waals surface area contributed by atoms with Gasteiger partial charge in [0.1, 0.15) is 18.2 Å². The van der Waals surface area contributed by atoms with Gasteiger partial charge in [0.15, 0.2) is 0 Å². The Labute approximate surface area is 123 Å². The first kappa shape index (κ1) is 13.7. The molecule has 0 heterocycles. The van der Waals surface area contributed by atoms with Crippen LogP contribution in [0.15, 0.2) is 40.9 Å². The zero-order valence-corrected chi connectivity index (χ0v) is 12.2. The highest BCUT2D eigenvalue weighted by atomic mass is 79.9. The highest BCUT2D eigenvalue weighted by molar-refractivity contribution is 9.10. The Bertz CT molecular complexity index is 523. The molecule has 0 aliphatic heterocycles. The summed E-state index contributed by atoms with van der Waals surface area (Å²) in [7, 11) is 0. The van der Waals surface area contributed by atoms with E-state index in [-0.39, 0.29) is 5.82 Å². The first-order chi connectivity index (χ1) is 8.56. The van der Waals surface area contributed by atoms with E-state index in [1.165, 1.54) is 6.07 Å². The molecule has 0 bridgehead atoms. The smallest absolute Gasteiger partial charge is 0.141 e. The van der Waals surface area contributed by atoms with Gasteiger partial charge in [-0.2, -0.15) is 0 Å². The van der Waals surface area contributed by atoms with E-state index in [2.05, 4.69) is 15.9 Å². The average Bonchev–Trinajstić information content (AvgIpc) is 2.35. The van der Waals surface area contributed by atoms with Crippen LogP contribution in [0.3, 0.4) is 0 Å². The fourth-order valence-corrected chi connectivity index (χ4v) is 1.93. The predicted octanol–water partition coefficient (Wildman–Crippen LogP) is 5.47. The summed E-state index contributed by atoms with van der Waals surface area (Å²) < 4.78 is 19.1. The first-order valence-electron chi connectivity index (χ1n) is 5.08. The largest absolute Gasteiger partial charge is 0.489 e. The van der Waals surface area contributed by atoms with Crippen molar-refractivity contribution in [3.8, 4) is 5.75 Å². The zero-order chi connectivity index (χ0) is 13.1. The third-order valence-electron chi connectivity index (χ3n) is 2.28. The fourth-order valence-electron chi connectivity index (χ4n) is 1.36. The molecule has 0 aromatic heterocycles. The van der Waals surface area contributed by atoms with E-state index in [9.17, 15) is 4.39 Å². The molecular weight excluding hydrogens is 342 g/mol. The Kier molecular flexibility index (Phi) is 4.49. The van der Waals surface area contributed by atoms with E-state index in [0.717, 1.165) is 5.56 Å². The molecule has 0 spiro atoms. The topological polar surface area (TPSA) is 9.23 Å². The summed E-state index contributed by atoms with van der Waals surface area (Å²) >= 11 is 14.8. The molecule has 1 nitrogen and oxygen atoms in total. The summed E-state index contributed by atoms with van der Waals surface area (Å²) in [5.41, 5.74) is 0.868. The number of benzene rings is 2. The standard InChI is InChI=1S/C13H8BrCl2FO/c14-10-3-2-9(6-13(10)17)18-7-8-1-4-11(15)12(16)5-8/h1-6H,7H2. The Morgan fingerprint density at radius 1 is 1.06 bits per heavy atom. The van der Waals surface area contributed by atoms with E-state index in [1.807, 2.05) is 6.07 Å². The second-order valence-corrected chi connectivity index (χ2v) is 5.28. The molecule has 2 aromatic carbocycles. The Hall–Kier alpha value is -0.770. The lowest BCUT2D eigenvalue weighted by molar-refractivity contribution is 0.304. The maximum Gasteiger partial charge on any atom is 0.141 e. The summed E-state index contributed by atoms with van der Waals surface area (Å²) in [6.45, 7) is 0.304. The molecular formula is C13H8BrCl2FO. The van der Waals surface area contributed by atoms with Gasteiger partial charge in [-0.3, -0.25) is 0 Å². The summed E-state index contributed by atoms with van der Waals surface area (Å²) in [4.78, 5) is 0. The summed E-state index contributed by atoms with van der Waals surface area (Å²) in [6, 6.07) is 9.83. The number of ether oxygens (including phenoxy) is 1. The molecule has 0 atom stereocenters. The molecule has 0 saturated heterocycles. The monoisotopic (exact) mass is 348 g/mol. The molecule has 0 radical (unpaired) electrons. The Morgan fingerprint density at radius 3 is 2.50 bits per heavy atom. The third-order valence-corrected chi connectivity index (χ3v) is 3.66. The summed E-state index contributed by atoms with van der Waals surface area (Å²) in [5.74, 6) is 0.100. The van der Waals surface area contributed by atoms with Crippen molar-refractivity contribution in [3.05, 3.63) is 62.3 Å². The molecule has 0 aliphatic carbocycles. The van der Waals surface area contributed by atoms with Gasteiger partial charge >= 0.3 is 0 Å². The van der Waals surface area contributed by atoms with E-state index in [0.29, 0.717) is 26.9 Å². The van der Waals surface area contributed by atoms with Gasteiger partial charge in [0, 0.05) is 6.07 Å². The number of halogens is 4. The third kappa shape index (κ3) is 3.37. The van der Waals surface area contributed by atoms with Gasteiger partial charge in [-0.25, -0.2) is 4.39 Å². The molecule has 0 saturated carbocycles. The molecule has 2 aromatic rings. The van der Waals surface area contributed by atoms with Crippen LogP contribution in [0.1, 0.15) is 5.56 Å². The van der Waals surface area contributed by atoms with Gasteiger partial charge in [-0.1, -0.05) is 29.3 Å². The van der Waals surface area contributed by atoms with Crippen molar-refractivity contribution in [1.29, 1.82) is 0 Å². The van der Waals surface area contributed by atoms with Gasteiger partial charge in [-0.15, -0.1) is 0 Å². The molecule has 0 aliphatic rings. The van der Waals surface area contributed by atoms with Crippen molar-refractivity contribution in [1.82, 2.24) is 0 Å². The van der Waals surface area contributed by atoms with Crippen LogP contribution in [0.4, 0.5) is 4.39 Å². The molecule has 0 N–H and O–H groups in total. The van der Waals surface area contributed by atoms with Crippen LogP contribution >= 0.6 is 39.1 Å². The van der Waals surface area contributed by atoms with Crippen LogP contribution < -0.4 is 4.74 Å². The van der Waals surface area contributed by atoms with Gasteiger partial charge in [0.05, 0.1) is 14.5 Å². The van der Waals surface area contributed by atoms with Crippen LogP contribution in [0.5, 0.6) is 5.75 Å². The van der Waals surface area contributed by atoms with Gasteiger partial charge in [-0.05, 0) is 45.8 Å². The molecule has 2 rings (SSSR count). The summed E-state index contributed by atoms with van der Waals surface area (Å²) in [5, 5.41) is 0.967. The minimum Gasteiger partial charge on any atom is -0.489 e. The Morgan fingerprint density at radius 2 is 1.83 bits per heavy atom. The molecule has 0 amide bonds. The van der Waals surface area contributed by atoms with E-state index in [1.54, 1.807) is 24.3 Å². The first-order valence-corrected chi connectivity index (χ1v) is 6.63. The maximum absolute atomic E-state index is 13.3. The van der Waals surface area contributed by atoms with Crippen molar-refractivity contribution < 1.29 is 9.13 Å². The predicted molar refractivity (Wildman–Crippen MR) is 74.9 cm³/mol. The van der Waals surface area contributed by atoms with E-state index < -0.39 is 0 Å². The van der Waals surface area contributed by atoms with Crippen LogP contribution in [0, 0.1) is 5.82 Å².